The van der Waals surface area contributed by atoms with Crippen LogP contribution in [-0.2, 0) is 15.6 Å². The highest BCUT2D eigenvalue weighted by atomic mass is 32.2. The largest absolute Gasteiger partial charge is 0.397 e. The van der Waals surface area contributed by atoms with Crippen LogP contribution in [0.25, 0.3) is 0 Å². The molecule has 2 N–H and O–H groups in total. The van der Waals surface area contributed by atoms with Crippen molar-refractivity contribution in [1.29, 1.82) is 5.26 Å². The molecule has 0 bridgehead atoms. The van der Waals surface area contributed by atoms with E-state index in [9.17, 15) is 8.42 Å². The smallest absolute Gasteiger partial charge is 0.184 e. The molecule has 1 aromatic carbocycles. The monoisotopic (exact) mass is 287 g/mol. The molecule has 0 aliphatic rings. The lowest BCUT2D eigenvalue weighted by atomic mass is 10.2. The van der Waals surface area contributed by atoms with Crippen LogP contribution in [0.15, 0.2) is 41.4 Å². The number of benzene rings is 1. The molecule has 0 fully saturated rings. The molecule has 5 nitrogen and oxygen atoms in total. The van der Waals surface area contributed by atoms with E-state index in [-0.39, 0.29) is 22.0 Å². The number of anilines is 1. The Morgan fingerprint density at radius 1 is 1.30 bits per heavy atom. The van der Waals surface area contributed by atoms with Crippen molar-refractivity contribution in [3.8, 4) is 6.07 Å². The fourth-order valence-electron chi connectivity index (χ4n) is 1.86. The van der Waals surface area contributed by atoms with Gasteiger partial charge in [-0.15, -0.1) is 0 Å². The summed E-state index contributed by atoms with van der Waals surface area (Å²) in [6.07, 6.45) is 1.45. The van der Waals surface area contributed by atoms with E-state index >= 15 is 0 Å². The predicted octanol–water partition coefficient (Wildman–Crippen LogP) is 1.82. The molecule has 1 heterocycles. The van der Waals surface area contributed by atoms with Gasteiger partial charge in [0.25, 0.3) is 0 Å². The van der Waals surface area contributed by atoms with Gasteiger partial charge in [0.1, 0.15) is 11.8 Å². The Hall–Kier alpha value is -2.39. The number of nitriles is 1. The second kappa shape index (κ2) is 5.31. The summed E-state index contributed by atoms with van der Waals surface area (Å²) >= 11 is 0. The van der Waals surface area contributed by atoms with Crippen LogP contribution >= 0.6 is 0 Å². The van der Waals surface area contributed by atoms with Crippen molar-refractivity contribution in [3.05, 3.63) is 53.3 Å². The van der Waals surface area contributed by atoms with E-state index in [1.54, 1.807) is 31.2 Å². The van der Waals surface area contributed by atoms with Gasteiger partial charge in [-0.1, -0.05) is 18.2 Å². The highest BCUT2D eigenvalue weighted by Gasteiger charge is 2.20. The molecule has 2 aromatic rings. The molecule has 0 unspecified atom stereocenters. The topological polar surface area (TPSA) is 96.8 Å². The molecule has 0 atom stereocenters. The zero-order valence-corrected chi connectivity index (χ0v) is 11.7. The molecule has 0 spiro atoms. The number of pyridine rings is 1. The van der Waals surface area contributed by atoms with Gasteiger partial charge < -0.3 is 5.73 Å². The van der Waals surface area contributed by atoms with E-state index in [4.69, 9.17) is 11.0 Å². The molecule has 0 aliphatic heterocycles. The van der Waals surface area contributed by atoms with E-state index in [0.717, 1.165) is 0 Å². The number of hydrogen-bond acceptors (Lipinski definition) is 5. The van der Waals surface area contributed by atoms with E-state index in [2.05, 4.69) is 4.98 Å². The van der Waals surface area contributed by atoms with Gasteiger partial charge in [0, 0.05) is 11.8 Å². The van der Waals surface area contributed by atoms with Gasteiger partial charge >= 0.3 is 0 Å². The highest BCUT2D eigenvalue weighted by Crippen LogP contribution is 2.25. The summed E-state index contributed by atoms with van der Waals surface area (Å²) < 4.78 is 24.9. The summed E-state index contributed by atoms with van der Waals surface area (Å²) in [6, 6.07) is 9.94. The third kappa shape index (κ3) is 2.63. The van der Waals surface area contributed by atoms with Gasteiger partial charge in [0.15, 0.2) is 9.84 Å². The lowest BCUT2D eigenvalue weighted by Crippen LogP contribution is -2.10. The molecule has 0 amide bonds. The highest BCUT2D eigenvalue weighted by molar-refractivity contribution is 7.90. The van der Waals surface area contributed by atoms with Gasteiger partial charge in [0.2, 0.25) is 0 Å². The molecule has 20 heavy (non-hydrogen) atoms. The molecule has 0 saturated carbocycles. The summed E-state index contributed by atoms with van der Waals surface area (Å²) in [7, 11) is -3.62. The number of nitrogens with two attached hydrogens (primary N) is 1. The summed E-state index contributed by atoms with van der Waals surface area (Å²) in [4.78, 5) is 3.95. The first-order chi connectivity index (χ1) is 9.45. The van der Waals surface area contributed by atoms with Crippen molar-refractivity contribution in [2.24, 2.45) is 0 Å². The third-order valence-electron chi connectivity index (χ3n) is 2.96. The van der Waals surface area contributed by atoms with Crippen molar-refractivity contribution < 1.29 is 8.42 Å². The number of sulfone groups is 1. The lowest BCUT2D eigenvalue weighted by molar-refractivity contribution is 0.595. The minimum absolute atomic E-state index is 0.0882. The van der Waals surface area contributed by atoms with Gasteiger partial charge in [-0.3, -0.25) is 0 Å². The second-order valence-electron chi connectivity index (χ2n) is 4.37. The summed E-state index contributed by atoms with van der Waals surface area (Å²) in [6.45, 7) is 1.75. The van der Waals surface area contributed by atoms with Crippen LogP contribution in [0.1, 0.15) is 16.8 Å². The van der Waals surface area contributed by atoms with Crippen molar-refractivity contribution in [3.63, 3.8) is 0 Å². The van der Waals surface area contributed by atoms with Gasteiger partial charge in [-0.05, 0) is 24.6 Å². The summed E-state index contributed by atoms with van der Waals surface area (Å²) in [5, 5.41) is 8.95. The second-order valence-corrected chi connectivity index (χ2v) is 6.33. The SMILES string of the molecule is Cc1cccc(S(=O)(=O)Cc2cccnc2C#N)c1N. The van der Waals surface area contributed by atoms with Crippen LogP contribution in [0.4, 0.5) is 5.69 Å². The van der Waals surface area contributed by atoms with Crippen LogP contribution in [-0.4, -0.2) is 13.4 Å². The number of aryl methyl sites for hydroxylation is 1. The van der Waals surface area contributed by atoms with Crippen molar-refractivity contribution in [2.75, 3.05) is 5.73 Å². The Morgan fingerprint density at radius 3 is 2.75 bits per heavy atom. The van der Waals surface area contributed by atoms with E-state index in [1.165, 1.54) is 12.3 Å². The molecular formula is C14H13N3O2S. The number of nitrogen functional groups attached to an aromatic ring is 1. The Morgan fingerprint density at radius 2 is 2.05 bits per heavy atom. The van der Waals surface area contributed by atoms with Gasteiger partial charge in [-0.2, -0.15) is 5.26 Å². The molecule has 0 radical (unpaired) electrons. The van der Waals surface area contributed by atoms with Crippen LogP contribution in [0.3, 0.4) is 0 Å². The normalized spacial score (nSPS) is 11.0. The van der Waals surface area contributed by atoms with E-state index in [1.807, 2.05) is 6.07 Å². The minimum Gasteiger partial charge on any atom is -0.397 e. The number of para-hydroxylation sites is 1. The standard InChI is InChI=1S/C14H13N3O2S/c1-10-4-2-6-13(14(10)16)20(18,19)9-11-5-3-7-17-12(11)8-15/h2-7H,9,16H2,1H3. The Balaban J connectivity index is 2.47. The lowest BCUT2D eigenvalue weighted by Gasteiger charge is -2.10. The molecule has 6 heteroatoms. The average molecular weight is 287 g/mol. The minimum atomic E-state index is -3.62. The van der Waals surface area contributed by atoms with Crippen LogP contribution in [0.5, 0.6) is 0 Å². The average Bonchev–Trinajstić information content (AvgIpc) is 2.42. The van der Waals surface area contributed by atoms with Crippen molar-refractivity contribution in [1.82, 2.24) is 4.98 Å². The predicted molar refractivity (Wildman–Crippen MR) is 75.4 cm³/mol. The van der Waals surface area contributed by atoms with Gasteiger partial charge in [-0.25, -0.2) is 13.4 Å². The molecule has 0 aliphatic carbocycles. The number of rotatable bonds is 3. The zero-order chi connectivity index (χ0) is 14.8. The first kappa shape index (κ1) is 14.0. The fourth-order valence-corrected chi connectivity index (χ4v) is 3.44. The molecular weight excluding hydrogens is 274 g/mol. The zero-order valence-electron chi connectivity index (χ0n) is 10.9. The molecule has 102 valence electrons. The van der Waals surface area contributed by atoms with Crippen molar-refractivity contribution in [2.45, 2.75) is 17.6 Å². The summed E-state index contributed by atoms with van der Waals surface area (Å²) in [5.74, 6) is -0.294. The van der Waals surface area contributed by atoms with Crippen molar-refractivity contribution >= 4 is 15.5 Å². The Labute approximate surface area is 117 Å². The van der Waals surface area contributed by atoms with E-state index in [0.29, 0.717) is 11.1 Å². The quantitative estimate of drug-likeness (QED) is 0.868. The first-order valence-corrected chi connectivity index (χ1v) is 7.53. The maximum Gasteiger partial charge on any atom is 0.184 e. The first-order valence-electron chi connectivity index (χ1n) is 5.87. The maximum atomic E-state index is 12.4. The third-order valence-corrected chi connectivity index (χ3v) is 4.68. The Bertz CT molecular complexity index is 792. The molecule has 2 rings (SSSR count). The fraction of sp³-hybridized carbons (Fsp3) is 0.143. The molecule has 1 aromatic heterocycles. The van der Waals surface area contributed by atoms with Crippen LogP contribution < -0.4 is 5.73 Å². The number of nitrogens with zero attached hydrogens (tertiary/aromatic N) is 2. The molecule has 0 saturated heterocycles. The van der Waals surface area contributed by atoms with Gasteiger partial charge in [0.05, 0.1) is 16.3 Å². The van der Waals surface area contributed by atoms with E-state index < -0.39 is 9.84 Å². The summed E-state index contributed by atoms with van der Waals surface area (Å²) in [5.41, 5.74) is 7.27. The van der Waals surface area contributed by atoms with Crippen LogP contribution in [0, 0.1) is 18.3 Å². The Kier molecular flexibility index (Phi) is 3.72. The maximum absolute atomic E-state index is 12.4. The number of hydrogen-bond donors (Lipinski definition) is 1. The van der Waals surface area contributed by atoms with Crippen LogP contribution in [0.2, 0.25) is 0 Å². The number of aromatic nitrogens is 1.